The summed E-state index contributed by atoms with van der Waals surface area (Å²) in [5, 5.41) is 3.35. The van der Waals surface area contributed by atoms with Crippen molar-refractivity contribution in [3.05, 3.63) is 58.0 Å². The molecule has 1 amide bonds. The molecule has 0 aliphatic carbocycles. The number of carbonyl (C=O) groups is 2. The van der Waals surface area contributed by atoms with E-state index in [0.29, 0.717) is 23.6 Å². The third kappa shape index (κ3) is 4.32. The molecule has 2 rings (SSSR count). The molecule has 0 fully saturated rings. The molecular weight excluding hydrogens is 322 g/mol. The number of anilines is 1. The smallest absolute Gasteiger partial charge is 0.341 e. The van der Waals surface area contributed by atoms with E-state index in [4.69, 9.17) is 4.74 Å². The lowest BCUT2D eigenvalue weighted by Crippen LogP contribution is -2.13. The molecule has 4 nitrogen and oxygen atoms in total. The molecule has 0 aliphatic rings. The van der Waals surface area contributed by atoms with E-state index >= 15 is 0 Å². The van der Waals surface area contributed by atoms with Gasteiger partial charge in [0.15, 0.2) is 0 Å². The van der Waals surface area contributed by atoms with E-state index < -0.39 is 0 Å². The topological polar surface area (TPSA) is 55.4 Å². The number of aryl methyl sites for hydroxylation is 1. The SMILES string of the molecule is CCOC(=O)c1c(NC(=O)C=Cc2ccccc2)sc(C)c1CC. The lowest BCUT2D eigenvalue weighted by atomic mass is 10.1. The highest BCUT2D eigenvalue weighted by molar-refractivity contribution is 7.16. The molecule has 0 spiro atoms. The van der Waals surface area contributed by atoms with Gasteiger partial charge in [0.25, 0.3) is 0 Å². The van der Waals surface area contributed by atoms with Gasteiger partial charge in [0.1, 0.15) is 5.00 Å². The highest BCUT2D eigenvalue weighted by Crippen LogP contribution is 2.34. The van der Waals surface area contributed by atoms with Gasteiger partial charge in [-0.15, -0.1) is 11.3 Å². The summed E-state index contributed by atoms with van der Waals surface area (Å²) in [6, 6.07) is 9.57. The number of thiophene rings is 1. The van der Waals surface area contributed by atoms with E-state index in [9.17, 15) is 9.59 Å². The number of hydrogen-bond donors (Lipinski definition) is 1. The average Bonchev–Trinajstić information content (AvgIpc) is 2.89. The number of esters is 1. The van der Waals surface area contributed by atoms with Crippen molar-refractivity contribution in [2.45, 2.75) is 27.2 Å². The molecule has 0 aliphatic heterocycles. The normalized spacial score (nSPS) is 10.8. The number of rotatable bonds is 6. The summed E-state index contributed by atoms with van der Waals surface area (Å²) < 4.78 is 5.13. The zero-order valence-electron chi connectivity index (χ0n) is 14.1. The van der Waals surface area contributed by atoms with Crippen molar-refractivity contribution in [1.29, 1.82) is 0 Å². The van der Waals surface area contributed by atoms with Gasteiger partial charge in [0, 0.05) is 11.0 Å². The van der Waals surface area contributed by atoms with Crippen molar-refractivity contribution in [3.8, 4) is 0 Å². The second kappa shape index (κ2) is 8.45. The summed E-state index contributed by atoms with van der Waals surface area (Å²) in [5.74, 6) is -0.658. The van der Waals surface area contributed by atoms with Crippen LogP contribution in [-0.4, -0.2) is 18.5 Å². The van der Waals surface area contributed by atoms with Crippen LogP contribution in [-0.2, 0) is 16.0 Å². The van der Waals surface area contributed by atoms with Crippen LogP contribution in [0.25, 0.3) is 6.08 Å². The minimum absolute atomic E-state index is 0.270. The molecule has 0 bridgehead atoms. The standard InChI is InChI=1S/C19H21NO3S/c1-4-15-13(3)24-18(17(15)19(22)23-5-2)20-16(21)12-11-14-9-7-6-8-10-14/h6-12H,4-5H2,1-3H3,(H,20,21). The number of benzene rings is 1. The Hall–Kier alpha value is -2.40. The third-order valence-corrected chi connectivity index (χ3v) is 4.57. The van der Waals surface area contributed by atoms with Crippen LogP contribution in [0.3, 0.4) is 0 Å². The Bertz CT molecular complexity index is 747. The van der Waals surface area contributed by atoms with E-state index in [1.54, 1.807) is 13.0 Å². The largest absolute Gasteiger partial charge is 0.462 e. The Labute approximate surface area is 146 Å². The van der Waals surface area contributed by atoms with Gasteiger partial charge in [0.05, 0.1) is 12.2 Å². The van der Waals surface area contributed by atoms with Crippen molar-refractivity contribution in [3.63, 3.8) is 0 Å². The summed E-state index contributed by atoms with van der Waals surface area (Å²) in [6.45, 7) is 6.00. The Balaban J connectivity index is 2.21. The quantitative estimate of drug-likeness (QED) is 0.623. The van der Waals surface area contributed by atoms with Crippen LogP contribution in [0, 0.1) is 6.92 Å². The second-order valence-electron chi connectivity index (χ2n) is 5.15. The molecule has 2 aromatic rings. The molecule has 0 saturated carbocycles. The molecule has 0 saturated heterocycles. The summed E-state index contributed by atoms with van der Waals surface area (Å²) in [7, 11) is 0. The molecule has 24 heavy (non-hydrogen) atoms. The van der Waals surface area contributed by atoms with Crippen LogP contribution in [0.15, 0.2) is 36.4 Å². The van der Waals surface area contributed by atoms with Crippen molar-refractivity contribution < 1.29 is 14.3 Å². The summed E-state index contributed by atoms with van der Waals surface area (Å²) >= 11 is 1.40. The van der Waals surface area contributed by atoms with E-state index in [1.165, 1.54) is 17.4 Å². The van der Waals surface area contributed by atoms with Crippen LogP contribution in [0.5, 0.6) is 0 Å². The Kier molecular flexibility index (Phi) is 6.32. The number of carbonyl (C=O) groups excluding carboxylic acids is 2. The molecule has 126 valence electrons. The van der Waals surface area contributed by atoms with Crippen LogP contribution in [0.4, 0.5) is 5.00 Å². The monoisotopic (exact) mass is 343 g/mol. The van der Waals surface area contributed by atoms with E-state index in [2.05, 4.69) is 5.32 Å². The zero-order valence-corrected chi connectivity index (χ0v) is 14.9. The molecule has 0 unspecified atom stereocenters. The lowest BCUT2D eigenvalue weighted by Gasteiger charge is -2.06. The lowest BCUT2D eigenvalue weighted by molar-refractivity contribution is -0.111. The van der Waals surface area contributed by atoms with E-state index in [-0.39, 0.29) is 11.9 Å². The summed E-state index contributed by atoms with van der Waals surface area (Å²) in [6.07, 6.45) is 3.91. The minimum Gasteiger partial charge on any atom is -0.462 e. The second-order valence-corrected chi connectivity index (χ2v) is 6.37. The molecule has 1 aromatic heterocycles. The summed E-state index contributed by atoms with van der Waals surface area (Å²) in [4.78, 5) is 25.4. The van der Waals surface area contributed by atoms with Gasteiger partial charge < -0.3 is 10.1 Å². The van der Waals surface area contributed by atoms with Crippen LogP contribution < -0.4 is 5.32 Å². The molecule has 0 radical (unpaired) electrons. The maximum absolute atomic E-state index is 12.2. The Morgan fingerprint density at radius 3 is 2.54 bits per heavy atom. The third-order valence-electron chi connectivity index (χ3n) is 3.51. The van der Waals surface area contributed by atoms with Gasteiger partial charge >= 0.3 is 5.97 Å². The zero-order chi connectivity index (χ0) is 17.5. The fourth-order valence-electron chi connectivity index (χ4n) is 2.40. The van der Waals surface area contributed by atoms with Gasteiger partial charge in [-0.05, 0) is 37.5 Å². The maximum Gasteiger partial charge on any atom is 0.341 e. The van der Waals surface area contributed by atoms with Gasteiger partial charge in [-0.2, -0.15) is 0 Å². The number of ether oxygens (including phenoxy) is 1. The van der Waals surface area contributed by atoms with Gasteiger partial charge in [-0.1, -0.05) is 37.3 Å². The van der Waals surface area contributed by atoms with Gasteiger partial charge in [0.2, 0.25) is 5.91 Å². The van der Waals surface area contributed by atoms with Crippen LogP contribution in [0.1, 0.15) is 40.2 Å². The predicted molar refractivity (Wildman–Crippen MR) is 98.5 cm³/mol. The van der Waals surface area contributed by atoms with Crippen molar-refractivity contribution in [2.75, 3.05) is 11.9 Å². The first-order chi connectivity index (χ1) is 11.6. The highest BCUT2D eigenvalue weighted by atomic mass is 32.1. The molecule has 5 heteroatoms. The minimum atomic E-state index is -0.388. The van der Waals surface area contributed by atoms with Crippen LogP contribution in [0.2, 0.25) is 0 Å². The molecule has 1 heterocycles. The average molecular weight is 343 g/mol. The molecular formula is C19H21NO3S. The van der Waals surface area contributed by atoms with E-state index in [1.807, 2.05) is 44.2 Å². The van der Waals surface area contributed by atoms with Crippen molar-refractivity contribution in [2.24, 2.45) is 0 Å². The van der Waals surface area contributed by atoms with Gasteiger partial charge in [-0.25, -0.2) is 4.79 Å². The number of hydrogen-bond acceptors (Lipinski definition) is 4. The first kappa shape index (κ1) is 17.9. The highest BCUT2D eigenvalue weighted by Gasteiger charge is 2.22. The first-order valence-electron chi connectivity index (χ1n) is 7.90. The Morgan fingerprint density at radius 2 is 1.92 bits per heavy atom. The molecule has 0 atom stereocenters. The maximum atomic E-state index is 12.2. The van der Waals surface area contributed by atoms with Gasteiger partial charge in [-0.3, -0.25) is 4.79 Å². The summed E-state index contributed by atoms with van der Waals surface area (Å²) in [5.41, 5.74) is 2.35. The fraction of sp³-hybridized carbons (Fsp3) is 0.263. The van der Waals surface area contributed by atoms with Crippen LogP contribution >= 0.6 is 11.3 Å². The van der Waals surface area contributed by atoms with Crippen molar-refractivity contribution >= 4 is 34.3 Å². The molecule has 1 N–H and O–H groups in total. The Morgan fingerprint density at radius 1 is 1.21 bits per heavy atom. The number of nitrogens with one attached hydrogen (secondary N) is 1. The van der Waals surface area contributed by atoms with Crippen molar-refractivity contribution in [1.82, 2.24) is 0 Å². The fourth-order valence-corrected chi connectivity index (χ4v) is 3.54. The predicted octanol–water partition coefficient (Wildman–Crippen LogP) is 4.45. The first-order valence-corrected chi connectivity index (χ1v) is 8.71. The molecule has 1 aromatic carbocycles. The number of amides is 1. The van der Waals surface area contributed by atoms with E-state index in [0.717, 1.165) is 16.0 Å².